The topological polar surface area (TPSA) is 52.7 Å². The molecule has 0 radical (unpaired) electrons. The standard InChI is InChI=1S/C20H23N3O2S/c1-14(20(25)22-11-8-18-15(13-22)9-12-26-18)21-16-4-6-17(7-5-16)23-10-2-3-19(23)24/h4-7,9,12,14,21H,2-3,8,10-11,13H2,1H3. The number of carbonyl (C=O) groups excluding carboxylic acids is 2. The van der Waals surface area contributed by atoms with Crippen molar-refractivity contribution in [2.75, 3.05) is 23.3 Å². The average Bonchev–Trinajstić information content (AvgIpc) is 3.29. The molecule has 0 saturated carbocycles. The van der Waals surface area contributed by atoms with Crippen LogP contribution in [0.2, 0.25) is 0 Å². The van der Waals surface area contributed by atoms with Crippen LogP contribution in [0.25, 0.3) is 0 Å². The van der Waals surface area contributed by atoms with Gasteiger partial charge in [-0.25, -0.2) is 0 Å². The highest BCUT2D eigenvalue weighted by atomic mass is 32.1. The van der Waals surface area contributed by atoms with E-state index in [1.807, 2.05) is 41.0 Å². The second-order valence-electron chi connectivity index (χ2n) is 6.94. The highest BCUT2D eigenvalue weighted by molar-refractivity contribution is 7.10. The van der Waals surface area contributed by atoms with Gasteiger partial charge in [0.15, 0.2) is 0 Å². The first kappa shape index (κ1) is 17.1. The zero-order valence-corrected chi connectivity index (χ0v) is 15.7. The number of nitrogens with zero attached hydrogens (tertiary/aromatic N) is 2. The molecule has 26 heavy (non-hydrogen) atoms. The number of fused-ring (bicyclic) bond motifs is 1. The third-order valence-electron chi connectivity index (χ3n) is 5.13. The van der Waals surface area contributed by atoms with E-state index in [0.29, 0.717) is 13.0 Å². The molecule has 6 heteroatoms. The van der Waals surface area contributed by atoms with Crippen molar-refractivity contribution in [2.24, 2.45) is 0 Å². The average molecular weight is 369 g/mol. The van der Waals surface area contributed by atoms with Gasteiger partial charge in [-0.15, -0.1) is 11.3 Å². The Morgan fingerprint density at radius 1 is 1.15 bits per heavy atom. The molecule has 1 aromatic heterocycles. The maximum absolute atomic E-state index is 12.8. The minimum Gasteiger partial charge on any atom is -0.374 e. The Kier molecular flexibility index (Phi) is 4.68. The summed E-state index contributed by atoms with van der Waals surface area (Å²) >= 11 is 1.78. The van der Waals surface area contributed by atoms with Crippen molar-refractivity contribution < 1.29 is 9.59 Å². The van der Waals surface area contributed by atoms with Crippen molar-refractivity contribution in [3.05, 3.63) is 46.2 Å². The van der Waals surface area contributed by atoms with Crippen LogP contribution in [-0.4, -0.2) is 35.8 Å². The molecule has 1 atom stereocenters. The predicted octanol–water partition coefficient (Wildman–Crippen LogP) is 3.26. The largest absolute Gasteiger partial charge is 0.374 e. The Balaban J connectivity index is 1.37. The number of hydrogen-bond acceptors (Lipinski definition) is 4. The van der Waals surface area contributed by atoms with Crippen molar-refractivity contribution in [3.8, 4) is 0 Å². The summed E-state index contributed by atoms with van der Waals surface area (Å²) < 4.78 is 0. The van der Waals surface area contributed by atoms with E-state index in [1.54, 1.807) is 11.3 Å². The molecule has 0 aliphatic carbocycles. The zero-order valence-electron chi connectivity index (χ0n) is 14.9. The normalized spacial score (nSPS) is 18.0. The number of carbonyl (C=O) groups is 2. The summed E-state index contributed by atoms with van der Waals surface area (Å²) in [4.78, 5) is 29.8. The minimum atomic E-state index is -0.283. The molecule has 0 bridgehead atoms. The highest BCUT2D eigenvalue weighted by Crippen LogP contribution is 2.26. The fourth-order valence-electron chi connectivity index (χ4n) is 3.68. The fourth-order valence-corrected chi connectivity index (χ4v) is 4.57. The Hall–Kier alpha value is -2.34. The number of thiophene rings is 1. The summed E-state index contributed by atoms with van der Waals surface area (Å²) in [6.07, 6.45) is 2.50. The molecule has 1 fully saturated rings. The van der Waals surface area contributed by atoms with Gasteiger partial charge in [-0.05, 0) is 61.0 Å². The van der Waals surface area contributed by atoms with Crippen molar-refractivity contribution >= 4 is 34.5 Å². The van der Waals surface area contributed by atoms with Crippen LogP contribution in [0.3, 0.4) is 0 Å². The van der Waals surface area contributed by atoms with Gasteiger partial charge >= 0.3 is 0 Å². The van der Waals surface area contributed by atoms with Crippen LogP contribution in [0.15, 0.2) is 35.7 Å². The summed E-state index contributed by atoms with van der Waals surface area (Å²) in [5.41, 5.74) is 3.11. The van der Waals surface area contributed by atoms with Crippen LogP contribution >= 0.6 is 11.3 Å². The van der Waals surface area contributed by atoms with Gasteiger partial charge in [-0.1, -0.05) is 0 Å². The van der Waals surface area contributed by atoms with E-state index in [2.05, 4.69) is 16.8 Å². The smallest absolute Gasteiger partial charge is 0.245 e. The Morgan fingerprint density at radius 3 is 2.69 bits per heavy atom. The van der Waals surface area contributed by atoms with Gasteiger partial charge in [0.1, 0.15) is 6.04 Å². The number of amides is 2. The van der Waals surface area contributed by atoms with E-state index < -0.39 is 0 Å². The van der Waals surface area contributed by atoms with Crippen LogP contribution in [0, 0.1) is 0 Å². The number of hydrogen-bond donors (Lipinski definition) is 1. The summed E-state index contributed by atoms with van der Waals surface area (Å²) in [6, 6.07) is 9.61. The second kappa shape index (κ2) is 7.11. The maximum Gasteiger partial charge on any atom is 0.245 e. The number of anilines is 2. The van der Waals surface area contributed by atoms with Crippen molar-refractivity contribution in [1.82, 2.24) is 4.90 Å². The quantitative estimate of drug-likeness (QED) is 0.900. The summed E-state index contributed by atoms with van der Waals surface area (Å²) in [5, 5.41) is 5.40. The molecular formula is C20H23N3O2S. The molecule has 0 spiro atoms. The molecule has 2 aromatic rings. The van der Waals surface area contributed by atoms with E-state index in [-0.39, 0.29) is 17.9 Å². The summed E-state index contributed by atoms with van der Waals surface area (Å²) in [7, 11) is 0. The van der Waals surface area contributed by atoms with Gasteiger partial charge in [-0.3, -0.25) is 9.59 Å². The van der Waals surface area contributed by atoms with Crippen LogP contribution < -0.4 is 10.2 Å². The van der Waals surface area contributed by atoms with E-state index in [0.717, 1.165) is 37.3 Å². The third-order valence-corrected chi connectivity index (χ3v) is 6.15. The van der Waals surface area contributed by atoms with E-state index in [1.165, 1.54) is 10.4 Å². The Bertz CT molecular complexity index is 815. The maximum atomic E-state index is 12.8. The molecule has 1 saturated heterocycles. The molecule has 5 nitrogen and oxygen atoms in total. The van der Waals surface area contributed by atoms with Crippen LogP contribution in [0.5, 0.6) is 0 Å². The van der Waals surface area contributed by atoms with Gasteiger partial charge in [0.25, 0.3) is 0 Å². The van der Waals surface area contributed by atoms with E-state index in [4.69, 9.17) is 0 Å². The van der Waals surface area contributed by atoms with Crippen LogP contribution in [0.4, 0.5) is 11.4 Å². The van der Waals surface area contributed by atoms with Gasteiger partial charge in [0, 0.05) is 42.3 Å². The Labute approximate surface area is 157 Å². The highest BCUT2D eigenvalue weighted by Gasteiger charge is 2.25. The molecule has 1 N–H and O–H groups in total. The van der Waals surface area contributed by atoms with Crippen LogP contribution in [0.1, 0.15) is 30.2 Å². The van der Waals surface area contributed by atoms with Gasteiger partial charge in [0.2, 0.25) is 11.8 Å². The zero-order chi connectivity index (χ0) is 18.1. The summed E-state index contributed by atoms with van der Waals surface area (Å²) in [5.74, 6) is 0.313. The van der Waals surface area contributed by atoms with Gasteiger partial charge in [0.05, 0.1) is 0 Å². The minimum absolute atomic E-state index is 0.126. The first-order valence-electron chi connectivity index (χ1n) is 9.13. The second-order valence-corrected chi connectivity index (χ2v) is 7.94. The molecule has 136 valence electrons. The van der Waals surface area contributed by atoms with E-state index >= 15 is 0 Å². The lowest BCUT2D eigenvalue weighted by molar-refractivity contribution is -0.132. The van der Waals surface area contributed by atoms with Gasteiger partial charge < -0.3 is 15.1 Å². The molecule has 3 heterocycles. The van der Waals surface area contributed by atoms with Crippen LogP contribution in [-0.2, 0) is 22.6 Å². The van der Waals surface area contributed by atoms with Crippen molar-refractivity contribution in [1.29, 1.82) is 0 Å². The molecule has 2 aliphatic heterocycles. The third kappa shape index (κ3) is 3.33. The number of nitrogens with one attached hydrogen (secondary N) is 1. The number of benzene rings is 1. The fraction of sp³-hybridized carbons (Fsp3) is 0.400. The van der Waals surface area contributed by atoms with Crippen molar-refractivity contribution in [3.63, 3.8) is 0 Å². The van der Waals surface area contributed by atoms with E-state index in [9.17, 15) is 9.59 Å². The first-order valence-corrected chi connectivity index (χ1v) is 10.0. The SMILES string of the molecule is CC(Nc1ccc(N2CCCC2=O)cc1)C(=O)N1CCc2sccc2C1. The predicted molar refractivity (Wildman–Crippen MR) is 105 cm³/mol. The lowest BCUT2D eigenvalue weighted by Crippen LogP contribution is -2.43. The molecule has 2 amide bonds. The monoisotopic (exact) mass is 369 g/mol. The molecule has 4 rings (SSSR count). The molecular weight excluding hydrogens is 346 g/mol. The molecule has 1 unspecified atom stereocenters. The molecule has 1 aromatic carbocycles. The number of rotatable bonds is 4. The first-order chi connectivity index (χ1) is 12.6. The van der Waals surface area contributed by atoms with Crippen molar-refractivity contribution in [2.45, 2.75) is 38.8 Å². The summed E-state index contributed by atoms with van der Waals surface area (Å²) in [6.45, 7) is 4.19. The molecule has 2 aliphatic rings. The Morgan fingerprint density at radius 2 is 1.96 bits per heavy atom. The lowest BCUT2D eigenvalue weighted by atomic mass is 10.1. The van der Waals surface area contributed by atoms with Gasteiger partial charge in [-0.2, -0.15) is 0 Å². The lowest BCUT2D eigenvalue weighted by Gasteiger charge is -2.30.